The third-order valence-corrected chi connectivity index (χ3v) is 4.62. The van der Waals surface area contributed by atoms with Gasteiger partial charge < -0.3 is 20.1 Å². The van der Waals surface area contributed by atoms with Crippen LogP contribution in [0.2, 0.25) is 0 Å². The molecule has 5 nitrogen and oxygen atoms in total. The van der Waals surface area contributed by atoms with Crippen LogP contribution in [-0.4, -0.2) is 25.2 Å². The molecule has 0 saturated heterocycles. The number of anilines is 2. The standard InChI is InChI=1S/C24H34N2O3/c1-4-6-7-8-17-28-22-13-9-20(10-14-22)25-18-24(27)26-21-11-15-23(16-12-21)29-19(3)5-2/h9-16,19,25H,4-8,17-18H2,1-3H3,(H,26,27). The highest BCUT2D eigenvalue weighted by atomic mass is 16.5. The molecule has 0 aliphatic rings. The molecule has 1 unspecified atom stereocenters. The minimum atomic E-state index is -0.100. The molecule has 5 heteroatoms. The van der Waals surface area contributed by atoms with Gasteiger partial charge in [-0.15, -0.1) is 0 Å². The molecule has 2 aromatic carbocycles. The average Bonchev–Trinajstić information content (AvgIpc) is 2.74. The van der Waals surface area contributed by atoms with E-state index in [9.17, 15) is 4.79 Å². The van der Waals surface area contributed by atoms with Gasteiger partial charge in [-0.05, 0) is 68.3 Å². The molecule has 2 N–H and O–H groups in total. The van der Waals surface area contributed by atoms with Gasteiger partial charge in [0, 0.05) is 11.4 Å². The molecule has 0 aliphatic carbocycles. The van der Waals surface area contributed by atoms with Gasteiger partial charge in [0.05, 0.1) is 19.3 Å². The Kier molecular flexibility index (Phi) is 9.90. The summed E-state index contributed by atoms with van der Waals surface area (Å²) in [6, 6.07) is 15.1. The first-order chi connectivity index (χ1) is 14.1. The summed E-state index contributed by atoms with van der Waals surface area (Å²) < 4.78 is 11.5. The van der Waals surface area contributed by atoms with E-state index in [1.54, 1.807) is 0 Å². The van der Waals surface area contributed by atoms with E-state index in [0.29, 0.717) is 0 Å². The molecular weight excluding hydrogens is 364 g/mol. The number of carbonyl (C=O) groups is 1. The zero-order chi connectivity index (χ0) is 20.9. The number of ether oxygens (including phenoxy) is 2. The second-order valence-corrected chi connectivity index (χ2v) is 7.20. The molecule has 0 radical (unpaired) electrons. The number of rotatable bonds is 13. The lowest BCUT2D eigenvalue weighted by Crippen LogP contribution is -2.21. The summed E-state index contributed by atoms with van der Waals surface area (Å²) in [5, 5.41) is 6.01. The van der Waals surface area contributed by atoms with Crippen molar-refractivity contribution in [3.8, 4) is 11.5 Å². The molecular formula is C24H34N2O3. The van der Waals surface area contributed by atoms with E-state index in [1.807, 2.05) is 55.5 Å². The predicted octanol–water partition coefficient (Wildman–Crippen LogP) is 5.87. The van der Waals surface area contributed by atoms with Crippen LogP contribution in [0, 0.1) is 0 Å². The van der Waals surface area contributed by atoms with E-state index < -0.39 is 0 Å². The Labute approximate surface area is 174 Å². The second-order valence-electron chi connectivity index (χ2n) is 7.20. The maximum absolute atomic E-state index is 12.2. The molecule has 0 fully saturated rings. The first-order valence-corrected chi connectivity index (χ1v) is 10.6. The molecule has 0 saturated carbocycles. The molecule has 1 atom stereocenters. The van der Waals surface area contributed by atoms with Crippen molar-refractivity contribution in [3.63, 3.8) is 0 Å². The Balaban J connectivity index is 1.70. The fourth-order valence-electron chi connectivity index (χ4n) is 2.71. The molecule has 158 valence electrons. The van der Waals surface area contributed by atoms with Gasteiger partial charge in [-0.2, -0.15) is 0 Å². The number of benzene rings is 2. The monoisotopic (exact) mass is 398 g/mol. The molecule has 0 aliphatic heterocycles. The number of hydrogen-bond acceptors (Lipinski definition) is 4. The van der Waals surface area contributed by atoms with Gasteiger partial charge in [0.15, 0.2) is 0 Å². The lowest BCUT2D eigenvalue weighted by molar-refractivity contribution is -0.114. The first-order valence-electron chi connectivity index (χ1n) is 10.6. The molecule has 29 heavy (non-hydrogen) atoms. The molecule has 2 aromatic rings. The Morgan fingerprint density at radius 1 is 0.897 bits per heavy atom. The summed E-state index contributed by atoms with van der Waals surface area (Å²) in [7, 11) is 0. The second kappa shape index (κ2) is 12.7. The largest absolute Gasteiger partial charge is 0.494 e. The highest BCUT2D eigenvalue weighted by Gasteiger charge is 2.05. The normalized spacial score (nSPS) is 11.6. The fourth-order valence-corrected chi connectivity index (χ4v) is 2.71. The number of unbranched alkanes of at least 4 members (excludes halogenated alkanes) is 3. The fraction of sp³-hybridized carbons (Fsp3) is 0.458. The summed E-state index contributed by atoms with van der Waals surface area (Å²) >= 11 is 0. The third-order valence-electron chi connectivity index (χ3n) is 4.62. The van der Waals surface area contributed by atoms with Crippen LogP contribution in [-0.2, 0) is 4.79 Å². The Hall–Kier alpha value is -2.69. The average molecular weight is 399 g/mol. The van der Waals surface area contributed by atoms with Gasteiger partial charge in [-0.1, -0.05) is 33.1 Å². The maximum atomic E-state index is 12.2. The van der Waals surface area contributed by atoms with Crippen molar-refractivity contribution in [2.75, 3.05) is 23.8 Å². The van der Waals surface area contributed by atoms with Crippen molar-refractivity contribution in [1.29, 1.82) is 0 Å². The number of nitrogens with one attached hydrogen (secondary N) is 2. The van der Waals surface area contributed by atoms with Crippen molar-refractivity contribution in [2.24, 2.45) is 0 Å². The highest BCUT2D eigenvalue weighted by Crippen LogP contribution is 2.18. The summed E-state index contributed by atoms with van der Waals surface area (Å²) in [6.45, 7) is 7.26. The Morgan fingerprint density at radius 3 is 2.21 bits per heavy atom. The van der Waals surface area contributed by atoms with Gasteiger partial charge in [-0.25, -0.2) is 0 Å². The first kappa shape index (κ1) is 22.6. The zero-order valence-corrected chi connectivity index (χ0v) is 17.9. The lowest BCUT2D eigenvalue weighted by Gasteiger charge is -2.13. The van der Waals surface area contributed by atoms with E-state index in [1.165, 1.54) is 19.3 Å². The van der Waals surface area contributed by atoms with Crippen LogP contribution in [0.5, 0.6) is 11.5 Å². The topological polar surface area (TPSA) is 59.6 Å². The van der Waals surface area contributed by atoms with Crippen LogP contribution < -0.4 is 20.1 Å². The third kappa shape index (κ3) is 8.90. The lowest BCUT2D eigenvalue weighted by atomic mass is 10.2. The molecule has 0 aromatic heterocycles. The van der Waals surface area contributed by atoms with Gasteiger partial charge in [-0.3, -0.25) is 4.79 Å². The van der Waals surface area contributed by atoms with Crippen LogP contribution in [0.3, 0.4) is 0 Å². The summed E-state index contributed by atoms with van der Waals surface area (Å²) in [5.41, 5.74) is 1.64. The highest BCUT2D eigenvalue weighted by molar-refractivity contribution is 5.93. The predicted molar refractivity (Wildman–Crippen MR) is 120 cm³/mol. The minimum absolute atomic E-state index is 0.100. The summed E-state index contributed by atoms with van der Waals surface area (Å²) in [5.74, 6) is 1.57. The van der Waals surface area contributed by atoms with Crippen LogP contribution in [0.4, 0.5) is 11.4 Å². The van der Waals surface area contributed by atoms with Crippen molar-refractivity contribution in [2.45, 2.75) is 59.0 Å². The SMILES string of the molecule is CCCCCCOc1ccc(NCC(=O)Nc2ccc(OC(C)CC)cc2)cc1. The van der Waals surface area contributed by atoms with Gasteiger partial charge in [0.1, 0.15) is 11.5 Å². The van der Waals surface area contributed by atoms with Crippen molar-refractivity contribution < 1.29 is 14.3 Å². The van der Waals surface area contributed by atoms with Crippen molar-refractivity contribution in [3.05, 3.63) is 48.5 Å². The van der Waals surface area contributed by atoms with Gasteiger partial charge in [0.2, 0.25) is 5.91 Å². The maximum Gasteiger partial charge on any atom is 0.243 e. The van der Waals surface area contributed by atoms with Crippen LogP contribution in [0.15, 0.2) is 48.5 Å². The van der Waals surface area contributed by atoms with E-state index in [0.717, 1.165) is 42.3 Å². The van der Waals surface area contributed by atoms with E-state index >= 15 is 0 Å². The molecule has 1 amide bonds. The zero-order valence-electron chi connectivity index (χ0n) is 17.9. The van der Waals surface area contributed by atoms with Crippen LogP contribution in [0.1, 0.15) is 52.9 Å². The summed E-state index contributed by atoms with van der Waals surface area (Å²) in [6.07, 6.45) is 5.90. The van der Waals surface area contributed by atoms with E-state index in [2.05, 4.69) is 24.5 Å². The van der Waals surface area contributed by atoms with E-state index in [-0.39, 0.29) is 18.6 Å². The van der Waals surface area contributed by atoms with Gasteiger partial charge in [0.25, 0.3) is 0 Å². The Bertz CT molecular complexity index is 714. The molecule has 0 bridgehead atoms. The van der Waals surface area contributed by atoms with Gasteiger partial charge >= 0.3 is 0 Å². The van der Waals surface area contributed by atoms with E-state index in [4.69, 9.17) is 9.47 Å². The molecule has 0 heterocycles. The Morgan fingerprint density at radius 2 is 1.55 bits per heavy atom. The minimum Gasteiger partial charge on any atom is -0.494 e. The number of carbonyl (C=O) groups excluding carboxylic acids is 1. The summed E-state index contributed by atoms with van der Waals surface area (Å²) in [4.78, 5) is 12.2. The van der Waals surface area contributed by atoms with Crippen molar-refractivity contribution >= 4 is 17.3 Å². The van der Waals surface area contributed by atoms with Crippen LogP contribution >= 0.6 is 0 Å². The smallest absolute Gasteiger partial charge is 0.243 e. The molecule has 2 rings (SSSR count). The quantitative estimate of drug-likeness (QED) is 0.414. The van der Waals surface area contributed by atoms with Crippen molar-refractivity contribution in [1.82, 2.24) is 0 Å². The number of hydrogen-bond donors (Lipinski definition) is 2. The molecule has 0 spiro atoms. The van der Waals surface area contributed by atoms with Crippen LogP contribution in [0.25, 0.3) is 0 Å². The number of amides is 1.